The molecule has 1 saturated carbocycles. The fraction of sp³-hybridized carbons (Fsp3) is 0.842. The number of rotatable bonds is 1. The number of carbonyl (C=O) groups excluding carboxylic acids is 1. The van der Waals surface area contributed by atoms with Gasteiger partial charge in [0.05, 0.1) is 0 Å². The molecule has 23 heavy (non-hydrogen) atoms. The van der Waals surface area contributed by atoms with E-state index in [9.17, 15) is 4.79 Å². The van der Waals surface area contributed by atoms with Gasteiger partial charge in [0.15, 0.2) is 0 Å². The molecule has 2 saturated heterocycles. The van der Waals surface area contributed by atoms with Crippen LogP contribution < -0.4 is 0 Å². The molecule has 3 fully saturated rings. The molecule has 1 spiro atoms. The number of hydrogen-bond donors (Lipinski definition) is 0. The minimum absolute atomic E-state index is 0.156. The molecule has 0 unspecified atom stereocenters. The van der Waals surface area contributed by atoms with Gasteiger partial charge < -0.3 is 9.64 Å². The van der Waals surface area contributed by atoms with E-state index in [1.54, 1.807) is 0 Å². The Bertz CT molecular complexity index is 488. The lowest BCUT2D eigenvalue weighted by Crippen LogP contribution is -2.60. The third-order valence-electron chi connectivity index (χ3n) is 5.62. The molecule has 3 rings (SSSR count). The second-order valence-electron chi connectivity index (χ2n) is 8.73. The predicted octanol–water partition coefficient (Wildman–Crippen LogP) is 3.12. The van der Waals surface area contributed by atoms with Crippen molar-refractivity contribution in [2.24, 2.45) is 11.3 Å². The smallest absolute Gasteiger partial charge is 0.410 e. The number of amides is 1. The van der Waals surface area contributed by atoms with Gasteiger partial charge in [-0.15, -0.1) is 12.3 Å². The lowest BCUT2D eigenvalue weighted by molar-refractivity contribution is -0.0322. The van der Waals surface area contributed by atoms with E-state index in [0.717, 1.165) is 19.6 Å². The van der Waals surface area contributed by atoms with Crippen LogP contribution in [-0.4, -0.2) is 53.7 Å². The van der Waals surface area contributed by atoms with Crippen LogP contribution in [0, 0.1) is 23.7 Å². The van der Waals surface area contributed by atoms with Crippen LogP contribution in [0.4, 0.5) is 4.79 Å². The largest absolute Gasteiger partial charge is 0.444 e. The van der Waals surface area contributed by atoms with Gasteiger partial charge in [-0.25, -0.2) is 4.79 Å². The van der Waals surface area contributed by atoms with Gasteiger partial charge in [-0.2, -0.15) is 0 Å². The molecule has 2 heterocycles. The summed E-state index contributed by atoms with van der Waals surface area (Å²) < 4.78 is 5.47. The first kappa shape index (κ1) is 16.6. The lowest BCUT2D eigenvalue weighted by Gasteiger charge is -2.48. The highest BCUT2D eigenvalue weighted by molar-refractivity contribution is 5.69. The average molecular weight is 318 g/mol. The highest BCUT2D eigenvalue weighted by Gasteiger charge is 2.51. The van der Waals surface area contributed by atoms with Crippen molar-refractivity contribution >= 4 is 6.09 Å². The number of carbonyl (C=O) groups is 1. The van der Waals surface area contributed by atoms with E-state index in [1.807, 2.05) is 25.7 Å². The zero-order valence-electron chi connectivity index (χ0n) is 14.8. The van der Waals surface area contributed by atoms with E-state index in [4.69, 9.17) is 11.2 Å². The van der Waals surface area contributed by atoms with Crippen LogP contribution in [0.3, 0.4) is 0 Å². The Morgan fingerprint density at radius 3 is 2.39 bits per heavy atom. The van der Waals surface area contributed by atoms with Crippen molar-refractivity contribution in [3.8, 4) is 12.3 Å². The second-order valence-corrected chi connectivity index (χ2v) is 8.73. The molecule has 0 atom stereocenters. The van der Waals surface area contributed by atoms with E-state index in [1.165, 1.54) is 38.6 Å². The first-order chi connectivity index (χ1) is 10.8. The van der Waals surface area contributed by atoms with Crippen LogP contribution in [0.1, 0.15) is 52.9 Å². The quantitative estimate of drug-likeness (QED) is 0.696. The Balaban J connectivity index is 1.46. The van der Waals surface area contributed by atoms with E-state index < -0.39 is 5.60 Å². The number of terminal acetylenes is 1. The molecule has 128 valence electrons. The predicted molar refractivity (Wildman–Crippen MR) is 91.0 cm³/mol. The van der Waals surface area contributed by atoms with Crippen LogP contribution in [0.5, 0.6) is 0 Å². The molecular weight excluding hydrogens is 288 g/mol. The van der Waals surface area contributed by atoms with E-state index in [2.05, 4.69) is 10.8 Å². The van der Waals surface area contributed by atoms with Crippen LogP contribution in [0.25, 0.3) is 0 Å². The number of nitrogens with zero attached hydrogens (tertiary/aromatic N) is 2. The maximum absolute atomic E-state index is 12.1. The third kappa shape index (κ3) is 3.66. The van der Waals surface area contributed by atoms with Gasteiger partial charge in [0.2, 0.25) is 0 Å². The lowest BCUT2D eigenvalue weighted by atomic mass is 9.79. The molecule has 4 heteroatoms. The molecule has 1 amide bonds. The maximum atomic E-state index is 12.1. The molecule has 0 radical (unpaired) electrons. The fourth-order valence-electron chi connectivity index (χ4n) is 4.37. The minimum Gasteiger partial charge on any atom is -0.444 e. The molecule has 0 aromatic heterocycles. The number of hydrogen-bond acceptors (Lipinski definition) is 3. The highest BCUT2D eigenvalue weighted by atomic mass is 16.6. The number of likely N-dealkylation sites (tertiary alicyclic amines) is 2. The van der Waals surface area contributed by atoms with Gasteiger partial charge >= 0.3 is 6.09 Å². The summed E-state index contributed by atoms with van der Waals surface area (Å²) in [6, 6.07) is 0.703. The van der Waals surface area contributed by atoms with Gasteiger partial charge in [0.25, 0.3) is 0 Å². The Morgan fingerprint density at radius 2 is 1.83 bits per heavy atom. The fourth-order valence-corrected chi connectivity index (χ4v) is 4.37. The van der Waals surface area contributed by atoms with E-state index >= 15 is 0 Å². The molecule has 0 aromatic carbocycles. The summed E-state index contributed by atoms with van der Waals surface area (Å²) in [5, 5.41) is 0. The summed E-state index contributed by atoms with van der Waals surface area (Å²) in [4.78, 5) is 16.6. The van der Waals surface area contributed by atoms with Crippen LogP contribution in [0.2, 0.25) is 0 Å². The Hall–Kier alpha value is -1.21. The van der Waals surface area contributed by atoms with Gasteiger partial charge in [0, 0.05) is 37.0 Å². The zero-order chi connectivity index (χ0) is 16.7. The van der Waals surface area contributed by atoms with Crippen molar-refractivity contribution in [2.45, 2.75) is 64.5 Å². The molecule has 0 N–H and O–H groups in total. The summed E-state index contributed by atoms with van der Waals surface area (Å²) >= 11 is 0. The molecule has 0 bridgehead atoms. The molecular formula is C19H30N2O2. The topological polar surface area (TPSA) is 32.8 Å². The van der Waals surface area contributed by atoms with Crippen molar-refractivity contribution in [2.75, 3.05) is 26.2 Å². The van der Waals surface area contributed by atoms with Crippen molar-refractivity contribution < 1.29 is 9.53 Å². The number of ether oxygens (including phenoxy) is 1. The van der Waals surface area contributed by atoms with Crippen molar-refractivity contribution in [1.82, 2.24) is 9.80 Å². The summed E-state index contributed by atoms with van der Waals surface area (Å²) in [6.45, 7) is 9.79. The molecule has 3 aliphatic rings. The van der Waals surface area contributed by atoms with Crippen molar-refractivity contribution in [1.29, 1.82) is 0 Å². The van der Waals surface area contributed by atoms with Crippen molar-refractivity contribution in [3.63, 3.8) is 0 Å². The standard InChI is InChI=1S/C19H30N2O2/c1-5-15-6-8-16(9-7-15)20-11-10-19(12-20)13-21(14-19)17(22)23-18(2,3)4/h1,15-16H,6-14H2,2-4H3. The zero-order valence-corrected chi connectivity index (χ0v) is 14.8. The van der Waals surface area contributed by atoms with Gasteiger partial charge in [-0.05, 0) is 59.4 Å². The SMILES string of the molecule is C#CC1CCC(N2CCC3(CN(C(=O)OC(C)(C)C)C3)C2)CC1. The first-order valence-corrected chi connectivity index (χ1v) is 8.98. The average Bonchev–Trinajstić information content (AvgIpc) is 2.89. The highest BCUT2D eigenvalue weighted by Crippen LogP contribution is 2.42. The Kier molecular flexibility index (Phi) is 4.35. The Morgan fingerprint density at radius 1 is 1.17 bits per heavy atom. The molecule has 4 nitrogen and oxygen atoms in total. The van der Waals surface area contributed by atoms with E-state index in [0.29, 0.717) is 17.4 Å². The molecule has 0 aromatic rings. The molecule has 2 aliphatic heterocycles. The minimum atomic E-state index is -0.406. The third-order valence-corrected chi connectivity index (χ3v) is 5.62. The first-order valence-electron chi connectivity index (χ1n) is 8.98. The van der Waals surface area contributed by atoms with Gasteiger partial charge in [-0.3, -0.25) is 4.90 Å². The van der Waals surface area contributed by atoms with Gasteiger partial charge in [0.1, 0.15) is 5.60 Å². The van der Waals surface area contributed by atoms with Crippen LogP contribution in [-0.2, 0) is 4.74 Å². The Labute approximate surface area is 140 Å². The van der Waals surface area contributed by atoms with Crippen LogP contribution >= 0.6 is 0 Å². The van der Waals surface area contributed by atoms with E-state index in [-0.39, 0.29) is 6.09 Å². The summed E-state index contributed by atoms with van der Waals surface area (Å²) in [6.07, 6.45) is 11.4. The van der Waals surface area contributed by atoms with Crippen molar-refractivity contribution in [3.05, 3.63) is 0 Å². The van der Waals surface area contributed by atoms with Crippen LogP contribution in [0.15, 0.2) is 0 Å². The monoisotopic (exact) mass is 318 g/mol. The summed E-state index contributed by atoms with van der Waals surface area (Å²) in [5.74, 6) is 3.41. The molecule has 1 aliphatic carbocycles. The summed E-state index contributed by atoms with van der Waals surface area (Å²) in [7, 11) is 0. The summed E-state index contributed by atoms with van der Waals surface area (Å²) in [5.41, 5.74) is -0.0862. The maximum Gasteiger partial charge on any atom is 0.410 e. The second kappa shape index (κ2) is 6.02. The normalized spacial score (nSPS) is 30.8. The van der Waals surface area contributed by atoms with Gasteiger partial charge in [-0.1, -0.05) is 0 Å².